The minimum absolute atomic E-state index is 0.294. The molecule has 2 heterocycles. The summed E-state index contributed by atoms with van der Waals surface area (Å²) in [6.45, 7) is 0. The first kappa shape index (κ1) is 12.2. The third kappa shape index (κ3) is 2.59. The number of hydrogen-bond donors (Lipinski definition) is 1. The van der Waals surface area contributed by atoms with Crippen LogP contribution >= 0.6 is 0 Å². The Balaban J connectivity index is 1.77. The molecule has 0 aliphatic heterocycles. The van der Waals surface area contributed by atoms with Crippen molar-refractivity contribution >= 4 is 5.69 Å². The van der Waals surface area contributed by atoms with Gasteiger partial charge in [-0.3, -0.25) is 4.68 Å². The Morgan fingerprint density at radius 2 is 1.70 bits per heavy atom. The predicted octanol–water partition coefficient (Wildman–Crippen LogP) is 2.25. The highest BCUT2D eigenvalue weighted by atomic mass is 16.5. The number of benzene rings is 1. The zero-order valence-corrected chi connectivity index (χ0v) is 10.9. The highest BCUT2D eigenvalue weighted by molar-refractivity contribution is 5.59. The Hall–Kier alpha value is -2.89. The Labute approximate surface area is 115 Å². The molecule has 0 fully saturated rings. The number of nitrogens with zero attached hydrogens (tertiary/aromatic N) is 4. The van der Waals surface area contributed by atoms with Crippen molar-refractivity contribution in [2.45, 2.75) is 0 Å². The van der Waals surface area contributed by atoms with Gasteiger partial charge in [0.2, 0.25) is 0 Å². The first-order chi connectivity index (χ1) is 9.70. The maximum absolute atomic E-state index is 5.61. The lowest BCUT2D eigenvalue weighted by molar-refractivity contribution is 0.442. The minimum Gasteiger partial charge on any atom is -0.424 e. The molecule has 6 nitrogen and oxygen atoms in total. The zero-order valence-electron chi connectivity index (χ0n) is 10.9. The molecule has 0 saturated carbocycles. The molecule has 20 heavy (non-hydrogen) atoms. The van der Waals surface area contributed by atoms with E-state index in [0.717, 1.165) is 11.1 Å². The monoisotopic (exact) mass is 267 g/mol. The summed E-state index contributed by atoms with van der Waals surface area (Å²) in [5.74, 6) is 0.647. The van der Waals surface area contributed by atoms with E-state index in [1.165, 1.54) is 0 Å². The quantitative estimate of drug-likeness (QED) is 0.736. The van der Waals surface area contributed by atoms with Crippen molar-refractivity contribution < 1.29 is 4.74 Å². The summed E-state index contributed by atoms with van der Waals surface area (Å²) in [6, 6.07) is 7.36. The first-order valence-electron chi connectivity index (χ1n) is 6.05. The number of aryl methyl sites for hydroxylation is 1. The Kier molecular flexibility index (Phi) is 3.04. The van der Waals surface area contributed by atoms with E-state index in [9.17, 15) is 0 Å². The second-order valence-electron chi connectivity index (χ2n) is 4.33. The lowest BCUT2D eigenvalue weighted by atomic mass is 10.2. The van der Waals surface area contributed by atoms with Crippen molar-refractivity contribution in [2.75, 3.05) is 5.73 Å². The van der Waals surface area contributed by atoms with Gasteiger partial charge in [0.25, 0.3) is 0 Å². The number of hydrogen-bond acceptors (Lipinski definition) is 5. The van der Waals surface area contributed by atoms with Crippen LogP contribution in [0.25, 0.3) is 11.1 Å². The van der Waals surface area contributed by atoms with Crippen molar-refractivity contribution in [1.29, 1.82) is 0 Å². The molecule has 0 unspecified atom stereocenters. The van der Waals surface area contributed by atoms with Crippen LogP contribution in [0.3, 0.4) is 0 Å². The van der Waals surface area contributed by atoms with Gasteiger partial charge in [-0.15, -0.1) is 0 Å². The van der Waals surface area contributed by atoms with Gasteiger partial charge >= 0.3 is 6.01 Å². The fraction of sp³-hybridized carbons (Fsp3) is 0.0714. The van der Waals surface area contributed by atoms with Crippen molar-refractivity contribution in [3.05, 3.63) is 49.1 Å². The molecule has 3 aromatic rings. The third-order valence-electron chi connectivity index (χ3n) is 2.76. The third-order valence-corrected chi connectivity index (χ3v) is 2.76. The highest BCUT2D eigenvalue weighted by Crippen LogP contribution is 2.21. The Morgan fingerprint density at radius 3 is 2.30 bits per heavy atom. The van der Waals surface area contributed by atoms with Crippen molar-refractivity contribution in [1.82, 2.24) is 19.7 Å². The van der Waals surface area contributed by atoms with Crippen LogP contribution in [0.5, 0.6) is 11.8 Å². The molecule has 0 radical (unpaired) electrons. The topological polar surface area (TPSA) is 78.9 Å². The molecule has 1 aromatic carbocycles. The van der Waals surface area contributed by atoms with Crippen LogP contribution in [0.1, 0.15) is 0 Å². The maximum Gasteiger partial charge on any atom is 0.321 e. The summed E-state index contributed by atoms with van der Waals surface area (Å²) in [5.41, 5.74) is 8.15. The van der Waals surface area contributed by atoms with Crippen LogP contribution in [-0.2, 0) is 7.05 Å². The van der Waals surface area contributed by atoms with Gasteiger partial charge < -0.3 is 10.5 Å². The summed E-state index contributed by atoms with van der Waals surface area (Å²) in [6.07, 6.45) is 7.08. The normalized spacial score (nSPS) is 10.4. The van der Waals surface area contributed by atoms with Crippen LogP contribution in [-0.4, -0.2) is 19.7 Å². The van der Waals surface area contributed by atoms with Crippen molar-refractivity contribution in [3.63, 3.8) is 0 Å². The van der Waals surface area contributed by atoms with Crippen LogP contribution in [0.2, 0.25) is 0 Å². The molecule has 0 bridgehead atoms. The summed E-state index contributed by atoms with van der Waals surface area (Å²) in [4.78, 5) is 8.36. The minimum atomic E-state index is 0.294. The molecule has 0 amide bonds. The first-order valence-corrected chi connectivity index (χ1v) is 6.05. The summed E-state index contributed by atoms with van der Waals surface area (Å²) in [7, 11) is 1.86. The fourth-order valence-electron chi connectivity index (χ4n) is 1.73. The van der Waals surface area contributed by atoms with Gasteiger partial charge in [-0.25, -0.2) is 9.97 Å². The fourth-order valence-corrected chi connectivity index (χ4v) is 1.73. The second kappa shape index (κ2) is 5.00. The van der Waals surface area contributed by atoms with Gasteiger partial charge in [-0.1, -0.05) is 0 Å². The molecule has 0 spiro atoms. The molecule has 3 rings (SSSR count). The van der Waals surface area contributed by atoms with E-state index < -0.39 is 0 Å². The van der Waals surface area contributed by atoms with Crippen molar-refractivity contribution in [2.24, 2.45) is 7.05 Å². The molecule has 0 atom stereocenters. The molecule has 0 saturated heterocycles. The van der Waals surface area contributed by atoms with Crippen molar-refractivity contribution in [3.8, 4) is 22.9 Å². The summed E-state index contributed by atoms with van der Waals surface area (Å²) < 4.78 is 7.26. The molecule has 0 aliphatic carbocycles. The molecule has 0 aliphatic rings. The van der Waals surface area contributed by atoms with E-state index in [1.807, 2.05) is 13.2 Å². The molecule has 2 N–H and O–H groups in total. The standard InChI is InChI=1S/C14H13N5O/c1-19-9-11(8-18-19)10-6-16-14(17-7-10)20-13-4-2-12(15)3-5-13/h2-9H,15H2,1H3. The van der Waals surface area contributed by atoms with E-state index >= 15 is 0 Å². The molecule has 100 valence electrons. The predicted molar refractivity (Wildman–Crippen MR) is 75.2 cm³/mol. The largest absolute Gasteiger partial charge is 0.424 e. The molecular formula is C14H13N5O. The van der Waals surface area contributed by atoms with Crippen LogP contribution < -0.4 is 10.5 Å². The summed E-state index contributed by atoms with van der Waals surface area (Å²) in [5, 5.41) is 4.11. The van der Waals surface area contributed by atoms with Crippen LogP contribution in [0, 0.1) is 0 Å². The number of nitrogens with two attached hydrogens (primary N) is 1. The molecule has 2 aromatic heterocycles. The van der Waals surface area contributed by atoms with E-state index in [2.05, 4.69) is 15.1 Å². The number of ether oxygens (including phenoxy) is 1. The zero-order chi connectivity index (χ0) is 13.9. The molecular weight excluding hydrogens is 254 g/mol. The number of aromatic nitrogens is 4. The van der Waals surface area contributed by atoms with Gasteiger partial charge in [0.05, 0.1) is 6.20 Å². The highest BCUT2D eigenvalue weighted by Gasteiger charge is 2.04. The smallest absolute Gasteiger partial charge is 0.321 e. The number of nitrogen functional groups attached to an aromatic ring is 1. The number of rotatable bonds is 3. The lowest BCUT2D eigenvalue weighted by Gasteiger charge is -2.04. The van der Waals surface area contributed by atoms with Gasteiger partial charge in [0, 0.05) is 42.5 Å². The van der Waals surface area contributed by atoms with Gasteiger partial charge in [0.1, 0.15) is 5.75 Å². The Morgan fingerprint density at radius 1 is 1.00 bits per heavy atom. The van der Waals surface area contributed by atoms with Gasteiger partial charge in [-0.2, -0.15) is 5.10 Å². The van der Waals surface area contributed by atoms with E-state index in [-0.39, 0.29) is 0 Å². The SMILES string of the molecule is Cn1cc(-c2cnc(Oc3ccc(N)cc3)nc2)cn1. The van der Waals surface area contributed by atoms with Crippen LogP contribution in [0.15, 0.2) is 49.1 Å². The Bertz CT molecular complexity index is 703. The average Bonchev–Trinajstić information content (AvgIpc) is 2.89. The van der Waals surface area contributed by atoms with Gasteiger partial charge in [-0.05, 0) is 24.3 Å². The lowest BCUT2D eigenvalue weighted by Crippen LogP contribution is -1.92. The van der Waals surface area contributed by atoms with E-state index in [1.54, 1.807) is 47.5 Å². The van der Waals surface area contributed by atoms with E-state index in [0.29, 0.717) is 17.4 Å². The van der Waals surface area contributed by atoms with Gasteiger partial charge in [0.15, 0.2) is 0 Å². The molecule has 6 heteroatoms. The maximum atomic E-state index is 5.61. The van der Waals surface area contributed by atoms with E-state index in [4.69, 9.17) is 10.5 Å². The number of anilines is 1. The second-order valence-corrected chi connectivity index (χ2v) is 4.33. The summed E-state index contributed by atoms with van der Waals surface area (Å²) >= 11 is 0. The average molecular weight is 267 g/mol. The van der Waals surface area contributed by atoms with Crippen LogP contribution in [0.4, 0.5) is 5.69 Å².